The summed E-state index contributed by atoms with van der Waals surface area (Å²) in [6.45, 7) is 3.48. The minimum atomic E-state index is 0.121. The summed E-state index contributed by atoms with van der Waals surface area (Å²) in [5.74, 6) is 0.121. The molecule has 5 nitrogen and oxygen atoms in total. The van der Waals surface area contributed by atoms with Crippen molar-refractivity contribution >= 4 is 17.3 Å². The van der Waals surface area contributed by atoms with Gasteiger partial charge in [-0.3, -0.25) is 9.78 Å². The van der Waals surface area contributed by atoms with Gasteiger partial charge in [0.2, 0.25) is 0 Å². The predicted octanol–water partition coefficient (Wildman–Crippen LogP) is 2.24. The number of hydrogen-bond donors (Lipinski definition) is 0. The Bertz CT molecular complexity index is 648. The molecule has 1 saturated heterocycles. The molecule has 0 spiro atoms. The van der Waals surface area contributed by atoms with Gasteiger partial charge in [0.25, 0.3) is 5.91 Å². The average molecular weight is 310 g/mol. The number of pyridine rings is 1. The second-order valence-corrected chi connectivity index (χ2v) is 5.91. The quantitative estimate of drug-likeness (QED) is 0.871. The molecule has 1 aliphatic heterocycles. The molecule has 1 fully saturated rings. The summed E-state index contributed by atoms with van der Waals surface area (Å²) in [5.41, 5.74) is 2.87. The summed E-state index contributed by atoms with van der Waals surface area (Å²) >= 11 is 0. The van der Waals surface area contributed by atoms with Crippen molar-refractivity contribution in [2.75, 3.05) is 45.2 Å². The Balaban J connectivity index is 1.71. The van der Waals surface area contributed by atoms with E-state index in [-0.39, 0.29) is 5.91 Å². The summed E-state index contributed by atoms with van der Waals surface area (Å²) in [6, 6.07) is 11.7. The van der Waals surface area contributed by atoms with Gasteiger partial charge in [0, 0.05) is 62.6 Å². The predicted molar refractivity (Wildman–Crippen MR) is 92.1 cm³/mol. The van der Waals surface area contributed by atoms with E-state index in [9.17, 15) is 4.79 Å². The zero-order valence-corrected chi connectivity index (χ0v) is 13.6. The number of rotatable bonds is 3. The number of piperazine rings is 1. The van der Waals surface area contributed by atoms with Gasteiger partial charge in [-0.25, -0.2) is 0 Å². The fourth-order valence-electron chi connectivity index (χ4n) is 2.74. The molecule has 0 bridgehead atoms. The number of likely N-dealkylation sites (N-methyl/N-ethyl adjacent to an activating group) is 1. The lowest BCUT2D eigenvalue weighted by Gasteiger charge is -2.32. The van der Waals surface area contributed by atoms with Gasteiger partial charge < -0.3 is 14.7 Å². The maximum Gasteiger partial charge on any atom is 0.253 e. The van der Waals surface area contributed by atoms with Crippen LogP contribution in [-0.4, -0.2) is 61.0 Å². The lowest BCUT2D eigenvalue weighted by Crippen LogP contribution is -2.47. The number of aromatic nitrogens is 1. The average Bonchev–Trinajstić information content (AvgIpc) is 2.62. The molecule has 0 unspecified atom stereocenters. The second-order valence-electron chi connectivity index (χ2n) is 5.91. The van der Waals surface area contributed by atoms with Crippen molar-refractivity contribution in [3.8, 4) is 0 Å². The van der Waals surface area contributed by atoms with Gasteiger partial charge in [-0.15, -0.1) is 0 Å². The smallest absolute Gasteiger partial charge is 0.253 e. The van der Waals surface area contributed by atoms with Crippen LogP contribution in [0.1, 0.15) is 10.4 Å². The zero-order chi connectivity index (χ0) is 16.2. The van der Waals surface area contributed by atoms with Crippen LogP contribution in [-0.2, 0) is 0 Å². The van der Waals surface area contributed by atoms with E-state index in [1.54, 1.807) is 12.4 Å². The van der Waals surface area contributed by atoms with E-state index in [2.05, 4.69) is 21.8 Å². The first-order valence-electron chi connectivity index (χ1n) is 7.87. The molecule has 23 heavy (non-hydrogen) atoms. The van der Waals surface area contributed by atoms with Gasteiger partial charge in [-0.05, 0) is 43.4 Å². The highest BCUT2D eigenvalue weighted by molar-refractivity contribution is 5.94. The van der Waals surface area contributed by atoms with Crippen molar-refractivity contribution in [1.29, 1.82) is 0 Å². The highest BCUT2D eigenvalue weighted by Gasteiger charge is 2.20. The monoisotopic (exact) mass is 310 g/mol. The van der Waals surface area contributed by atoms with Gasteiger partial charge >= 0.3 is 0 Å². The second kappa shape index (κ2) is 6.79. The van der Waals surface area contributed by atoms with E-state index in [0.29, 0.717) is 0 Å². The van der Waals surface area contributed by atoms with Crippen LogP contribution < -0.4 is 4.90 Å². The molecular weight excluding hydrogens is 288 g/mol. The van der Waals surface area contributed by atoms with Crippen LogP contribution in [0, 0.1) is 0 Å². The molecule has 5 heteroatoms. The maximum atomic E-state index is 12.5. The summed E-state index contributed by atoms with van der Waals surface area (Å²) in [4.78, 5) is 22.8. The van der Waals surface area contributed by atoms with Crippen molar-refractivity contribution in [2.24, 2.45) is 0 Å². The van der Waals surface area contributed by atoms with Crippen molar-refractivity contribution < 1.29 is 4.79 Å². The molecule has 0 N–H and O–H groups in total. The van der Waals surface area contributed by atoms with Gasteiger partial charge in [0.05, 0.1) is 0 Å². The van der Waals surface area contributed by atoms with E-state index >= 15 is 0 Å². The lowest BCUT2D eigenvalue weighted by atomic mass is 10.1. The number of nitrogens with zero attached hydrogens (tertiary/aromatic N) is 4. The van der Waals surface area contributed by atoms with Gasteiger partial charge in [0.15, 0.2) is 0 Å². The Kier molecular flexibility index (Phi) is 4.57. The van der Waals surface area contributed by atoms with Crippen molar-refractivity contribution in [1.82, 2.24) is 14.8 Å². The standard InChI is InChI=1S/C18H22N4O/c1-20-11-13-22(14-12-20)18(23)15-3-5-16(6-4-15)21(2)17-7-9-19-10-8-17/h3-10H,11-14H2,1-2H3. The van der Waals surface area contributed by atoms with E-state index < -0.39 is 0 Å². The molecule has 1 amide bonds. The SMILES string of the molecule is CN1CCN(C(=O)c2ccc(N(C)c3ccncc3)cc2)CC1. The molecule has 0 atom stereocenters. The first-order valence-corrected chi connectivity index (χ1v) is 7.87. The van der Waals surface area contributed by atoms with Crippen LogP contribution in [0.25, 0.3) is 0 Å². The van der Waals surface area contributed by atoms with Crippen LogP contribution >= 0.6 is 0 Å². The number of hydrogen-bond acceptors (Lipinski definition) is 4. The fourth-order valence-corrected chi connectivity index (χ4v) is 2.74. The van der Waals surface area contributed by atoms with Crippen LogP contribution in [0.15, 0.2) is 48.8 Å². The fraction of sp³-hybridized carbons (Fsp3) is 0.333. The maximum absolute atomic E-state index is 12.5. The third kappa shape index (κ3) is 3.51. The molecule has 2 aromatic rings. The third-order valence-electron chi connectivity index (χ3n) is 4.34. The highest BCUT2D eigenvalue weighted by Crippen LogP contribution is 2.23. The van der Waals surface area contributed by atoms with E-state index in [1.165, 1.54) is 0 Å². The van der Waals surface area contributed by atoms with Crippen LogP contribution in [0.5, 0.6) is 0 Å². The Morgan fingerprint density at radius 3 is 2.13 bits per heavy atom. The van der Waals surface area contributed by atoms with E-state index in [1.807, 2.05) is 48.3 Å². The summed E-state index contributed by atoms with van der Waals surface area (Å²) in [7, 11) is 4.10. The topological polar surface area (TPSA) is 39.7 Å². The molecule has 1 aliphatic rings. The molecule has 120 valence electrons. The molecule has 0 aliphatic carbocycles. The summed E-state index contributed by atoms with van der Waals surface area (Å²) < 4.78 is 0. The lowest BCUT2D eigenvalue weighted by molar-refractivity contribution is 0.0664. The van der Waals surface area contributed by atoms with Gasteiger partial charge in [-0.2, -0.15) is 0 Å². The van der Waals surface area contributed by atoms with Crippen molar-refractivity contribution in [3.63, 3.8) is 0 Å². The van der Waals surface area contributed by atoms with Crippen molar-refractivity contribution in [3.05, 3.63) is 54.4 Å². The van der Waals surface area contributed by atoms with Gasteiger partial charge in [0.1, 0.15) is 0 Å². The number of benzene rings is 1. The molecule has 1 aromatic heterocycles. The van der Waals surface area contributed by atoms with Crippen molar-refractivity contribution in [2.45, 2.75) is 0 Å². The van der Waals surface area contributed by atoms with Crippen LogP contribution in [0.3, 0.4) is 0 Å². The van der Waals surface area contributed by atoms with E-state index in [4.69, 9.17) is 0 Å². The zero-order valence-electron chi connectivity index (χ0n) is 13.6. The van der Waals surface area contributed by atoms with E-state index in [0.717, 1.165) is 43.1 Å². The number of anilines is 2. The normalized spacial score (nSPS) is 15.5. The Labute approximate surface area is 137 Å². The van der Waals surface area contributed by atoms with Crippen LogP contribution in [0.4, 0.5) is 11.4 Å². The van der Waals surface area contributed by atoms with Crippen LogP contribution in [0.2, 0.25) is 0 Å². The number of amides is 1. The largest absolute Gasteiger partial charge is 0.345 e. The first kappa shape index (κ1) is 15.5. The molecule has 0 saturated carbocycles. The molecule has 0 radical (unpaired) electrons. The Morgan fingerprint density at radius 1 is 0.957 bits per heavy atom. The molecular formula is C18H22N4O. The minimum absolute atomic E-state index is 0.121. The minimum Gasteiger partial charge on any atom is -0.345 e. The third-order valence-corrected chi connectivity index (χ3v) is 4.34. The number of carbonyl (C=O) groups is 1. The molecule has 3 rings (SSSR count). The van der Waals surface area contributed by atoms with Gasteiger partial charge in [-0.1, -0.05) is 0 Å². The Morgan fingerprint density at radius 2 is 1.52 bits per heavy atom. The highest BCUT2D eigenvalue weighted by atomic mass is 16.2. The molecule has 1 aromatic carbocycles. The number of carbonyl (C=O) groups excluding carboxylic acids is 1. The molecule has 2 heterocycles. The summed E-state index contributed by atoms with van der Waals surface area (Å²) in [6.07, 6.45) is 3.55. The first-order chi connectivity index (χ1) is 11.1. The Hall–Kier alpha value is -2.40. The summed E-state index contributed by atoms with van der Waals surface area (Å²) in [5, 5.41) is 0.